The van der Waals surface area contributed by atoms with E-state index >= 15 is 0 Å². The summed E-state index contributed by atoms with van der Waals surface area (Å²) >= 11 is 9.55. The summed E-state index contributed by atoms with van der Waals surface area (Å²) in [5, 5.41) is 9.64. The summed E-state index contributed by atoms with van der Waals surface area (Å²) in [6.07, 6.45) is 3.29. The van der Waals surface area contributed by atoms with Gasteiger partial charge in [0.05, 0.1) is 10.7 Å². The maximum Gasteiger partial charge on any atom is 0.354 e. The number of aromatic carboxylic acids is 1. The lowest BCUT2D eigenvalue weighted by molar-refractivity contribution is 0.0687. The molecule has 0 aliphatic carbocycles. The van der Waals surface area contributed by atoms with E-state index in [0.29, 0.717) is 16.5 Å². The highest BCUT2D eigenvalue weighted by molar-refractivity contribution is 9.10. The Hall–Kier alpha value is -1.79. The molecule has 0 unspecified atom stereocenters. The molecule has 5 nitrogen and oxygen atoms in total. The highest BCUT2D eigenvalue weighted by Crippen LogP contribution is 2.30. The number of carboxylic acid groups (broad SMARTS) is 1. The molecule has 102 valence electrons. The Labute approximate surface area is 127 Å². The van der Waals surface area contributed by atoms with E-state index in [1.807, 2.05) is 12.1 Å². The average Bonchev–Trinajstić information content (AvgIpc) is 2.89. The molecule has 7 heteroatoms. The number of nitrogens with zero attached hydrogens (tertiary/aromatic N) is 3. The summed E-state index contributed by atoms with van der Waals surface area (Å²) in [6.45, 7) is 0. The highest BCUT2D eigenvalue weighted by atomic mass is 79.9. The molecule has 1 N–H and O–H groups in total. The fourth-order valence-corrected chi connectivity index (χ4v) is 2.85. The third kappa shape index (κ3) is 2.01. The van der Waals surface area contributed by atoms with Crippen molar-refractivity contribution >= 4 is 39.3 Å². The predicted molar refractivity (Wildman–Crippen MR) is 79.3 cm³/mol. The molecule has 0 fully saturated rings. The average molecular weight is 355 g/mol. The van der Waals surface area contributed by atoms with Crippen molar-refractivity contribution in [2.75, 3.05) is 0 Å². The smallest absolute Gasteiger partial charge is 0.354 e. The topological polar surface area (TPSA) is 59.5 Å². The van der Waals surface area contributed by atoms with Crippen LogP contribution in [-0.2, 0) is 7.05 Å². The number of carbonyl (C=O) groups is 1. The third-order valence-corrected chi connectivity index (χ3v) is 3.87. The zero-order valence-corrected chi connectivity index (χ0v) is 12.7. The standard InChI is InChI=1S/C13H9BrClN3O2/c1-17-11(12(19)20)6-18-5-10(16-13(17)18)8-3-2-7(14)4-9(8)15/h2-6H,1H3,(H,19,20). The van der Waals surface area contributed by atoms with Gasteiger partial charge in [-0.05, 0) is 12.1 Å². The Morgan fingerprint density at radius 1 is 1.40 bits per heavy atom. The van der Waals surface area contributed by atoms with Gasteiger partial charge in [0.15, 0.2) is 0 Å². The largest absolute Gasteiger partial charge is 0.477 e. The van der Waals surface area contributed by atoms with E-state index in [4.69, 9.17) is 16.7 Å². The van der Waals surface area contributed by atoms with Crippen LogP contribution >= 0.6 is 27.5 Å². The van der Waals surface area contributed by atoms with Crippen LogP contribution in [0.2, 0.25) is 5.02 Å². The molecule has 0 aliphatic rings. The normalized spacial score (nSPS) is 11.2. The first kappa shape index (κ1) is 13.2. The fourth-order valence-electron chi connectivity index (χ4n) is 2.08. The van der Waals surface area contributed by atoms with Crippen molar-refractivity contribution in [2.45, 2.75) is 0 Å². The Morgan fingerprint density at radius 2 is 2.15 bits per heavy atom. The summed E-state index contributed by atoms with van der Waals surface area (Å²) in [6, 6.07) is 5.55. The number of hydrogen-bond donors (Lipinski definition) is 1. The van der Waals surface area contributed by atoms with Crippen LogP contribution in [0.25, 0.3) is 17.0 Å². The quantitative estimate of drug-likeness (QED) is 0.767. The molecule has 2 heterocycles. The van der Waals surface area contributed by atoms with Crippen molar-refractivity contribution in [1.82, 2.24) is 14.0 Å². The number of carboxylic acids is 1. The number of imidazole rings is 2. The van der Waals surface area contributed by atoms with Gasteiger partial charge in [-0.3, -0.25) is 4.40 Å². The highest BCUT2D eigenvalue weighted by Gasteiger charge is 2.16. The molecule has 0 spiro atoms. The van der Waals surface area contributed by atoms with Crippen LogP contribution < -0.4 is 0 Å². The van der Waals surface area contributed by atoms with Crippen LogP contribution in [0.5, 0.6) is 0 Å². The second-order valence-corrected chi connectivity index (χ2v) is 5.66. The van der Waals surface area contributed by atoms with E-state index in [-0.39, 0.29) is 5.69 Å². The molecule has 2 aromatic heterocycles. The van der Waals surface area contributed by atoms with Gasteiger partial charge in [0, 0.05) is 29.5 Å². The number of halogens is 2. The van der Waals surface area contributed by atoms with Gasteiger partial charge in [-0.15, -0.1) is 0 Å². The van der Waals surface area contributed by atoms with Crippen molar-refractivity contribution in [3.63, 3.8) is 0 Å². The fraction of sp³-hybridized carbons (Fsp3) is 0.0769. The Kier molecular flexibility index (Phi) is 3.07. The Balaban J connectivity index is 2.17. The van der Waals surface area contributed by atoms with Gasteiger partial charge < -0.3 is 9.67 Å². The first-order chi connectivity index (χ1) is 9.47. The van der Waals surface area contributed by atoms with E-state index in [1.54, 1.807) is 23.7 Å². The van der Waals surface area contributed by atoms with E-state index in [2.05, 4.69) is 20.9 Å². The monoisotopic (exact) mass is 353 g/mol. The van der Waals surface area contributed by atoms with E-state index < -0.39 is 5.97 Å². The molecule has 0 saturated heterocycles. The predicted octanol–water partition coefficient (Wildman–Crippen LogP) is 3.45. The summed E-state index contributed by atoms with van der Waals surface area (Å²) in [4.78, 5) is 15.5. The molecule has 0 saturated carbocycles. The minimum atomic E-state index is -0.985. The van der Waals surface area contributed by atoms with Gasteiger partial charge in [-0.25, -0.2) is 9.78 Å². The lowest BCUT2D eigenvalue weighted by Gasteiger charge is -2.01. The second kappa shape index (κ2) is 4.64. The molecular formula is C13H9BrClN3O2. The molecule has 1 aromatic carbocycles. The van der Waals surface area contributed by atoms with Gasteiger partial charge in [0.2, 0.25) is 5.78 Å². The van der Waals surface area contributed by atoms with Crippen LogP contribution in [0.15, 0.2) is 35.1 Å². The number of hydrogen-bond acceptors (Lipinski definition) is 2. The first-order valence-corrected chi connectivity index (χ1v) is 6.87. The first-order valence-electron chi connectivity index (χ1n) is 5.70. The van der Waals surface area contributed by atoms with Gasteiger partial charge in [0.1, 0.15) is 5.69 Å². The molecule has 0 aliphatic heterocycles. The van der Waals surface area contributed by atoms with Crippen molar-refractivity contribution in [1.29, 1.82) is 0 Å². The maximum atomic E-state index is 11.0. The van der Waals surface area contributed by atoms with Gasteiger partial charge in [0.25, 0.3) is 0 Å². The molecule has 0 radical (unpaired) electrons. The molecule has 20 heavy (non-hydrogen) atoms. The Bertz CT molecular complexity index is 838. The third-order valence-electron chi connectivity index (χ3n) is 3.06. The lowest BCUT2D eigenvalue weighted by atomic mass is 10.2. The molecule has 0 atom stereocenters. The van der Waals surface area contributed by atoms with Crippen LogP contribution in [0.3, 0.4) is 0 Å². The molecular weight excluding hydrogens is 346 g/mol. The SMILES string of the molecule is Cn1c(C(=O)O)cn2cc(-c3ccc(Br)cc3Cl)nc12. The number of aryl methyl sites for hydroxylation is 1. The summed E-state index contributed by atoms with van der Waals surface area (Å²) in [7, 11) is 1.67. The summed E-state index contributed by atoms with van der Waals surface area (Å²) in [5.74, 6) is -0.433. The number of benzene rings is 1. The maximum absolute atomic E-state index is 11.0. The number of rotatable bonds is 2. The van der Waals surface area contributed by atoms with Crippen molar-refractivity contribution in [2.24, 2.45) is 7.05 Å². The van der Waals surface area contributed by atoms with Gasteiger partial charge in [-0.1, -0.05) is 33.6 Å². The van der Waals surface area contributed by atoms with Crippen molar-refractivity contribution < 1.29 is 9.90 Å². The summed E-state index contributed by atoms with van der Waals surface area (Å²) < 4.78 is 4.10. The van der Waals surface area contributed by atoms with E-state index in [9.17, 15) is 4.79 Å². The molecule has 0 bridgehead atoms. The van der Waals surface area contributed by atoms with Crippen LogP contribution in [0, 0.1) is 0 Å². The van der Waals surface area contributed by atoms with E-state index in [0.717, 1.165) is 10.0 Å². The minimum Gasteiger partial charge on any atom is -0.477 e. The zero-order chi connectivity index (χ0) is 14.4. The van der Waals surface area contributed by atoms with Gasteiger partial charge in [-0.2, -0.15) is 0 Å². The van der Waals surface area contributed by atoms with Crippen LogP contribution in [0.1, 0.15) is 10.5 Å². The Morgan fingerprint density at radius 3 is 2.75 bits per heavy atom. The minimum absolute atomic E-state index is 0.181. The zero-order valence-electron chi connectivity index (χ0n) is 10.3. The number of aromatic nitrogens is 3. The van der Waals surface area contributed by atoms with Gasteiger partial charge >= 0.3 is 5.97 Å². The lowest BCUT2D eigenvalue weighted by Crippen LogP contribution is -2.04. The molecule has 3 aromatic rings. The molecule has 0 amide bonds. The van der Waals surface area contributed by atoms with Crippen molar-refractivity contribution in [3.8, 4) is 11.3 Å². The van der Waals surface area contributed by atoms with Crippen LogP contribution in [0.4, 0.5) is 0 Å². The number of fused-ring (bicyclic) bond motifs is 1. The van der Waals surface area contributed by atoms with E-state index in [1.165, 1.54) is 10.8 Å². The second-order valence-electron chi connectivity index (χ2n) is 4.34. The molecule has 3 rings (SSSR count). The van der Waals surface area contributed by atoms with Crippen molar-refractivity contribution in [3.05, 3.63) is 45.8 Å². The van der Waals surface area contributed by atoms with Crippen LogP contribution in [-0.4, -0.2) is 25.0 Å². The summed E-state index contributed by atoms with van der Waals surface area (Å²) in [5.41, 5.74) is 1.68.